The second kappa shape index (κ2) is 35.7. The molecule has 0 aliphatic carbocycles. The number of hydroxylamine groups is 2. The molecule has 2 aliphatic heterocycles. The number of likely N-dealkylation sites (tertiary alicyclic amines) is 1. The number of amides is 4. The molecule has 69 heavy (non-hydrogen) atoms. The van der Waals surface area contributed by atoms with Crippen LogP contribution in [0.5, 0.6) is 0 Å². The quantitative estimate of drug-likeness (QED) is 0.0833. The number of ether oxygens (including phenoxy) is 2. The van der Waals surface area contributed by atoms with Crippen molar-refractivity contribution in [3.05, 3.63) is 36.0 Å². The molecule has 2 aromatic rings. The van der Waals surface area contributed by atoms with Crippen LogP contribution in [-0.4, -0.2) is 145 Å². The highest BCUT2D eigenvalue weighted by Crippen LogP contribution is 2.25. The summed E-state index contributed by atoms with van der Waals surface area (Å²) in [6.07, 6.45) is 9.42. The zero-order chi connectivity index (χ0) is 52.8. The van der Waals surface area contributed by atoms with Crippen molar-refractivity contribution in [2.24, 2.45) is 29.6 Å². The molecule has 0 radical (unpaired) electrons. The third kappa shape index (κ3) is 22.9. The van der Waals surface area contributed by atoms with Gasteiger partial charge in [0, 0.05) is 50.8 Å². The van der Waals surface area contributed by atoms with E-state index in [0.717, 1.165) is 44.4 Å². The number of fused-ring (bicyclic) bond motifs is 1. The Morgan fingerprint density at radius 2 is 1.58 bits per heavy atom. The van der Waals surface area contributed by atoms with E-state index in [1.54, 1.807) is 18.9 Å². The molecule has 1 aromatic heterocycles. The molecular weight excluding hydrogens is 881 g/mol. The maximum absolute atomic E-state index is 12.5. The topological polar surface area (TPSA) is 200 Å². The molecule has 4 rings (SSSR count). The lowest BCUT2D eigenvalue weighted by Gasteiger charge is -2.32. The number of nitrogens with zero attached hydrogens (tertiary/aromatic N) is 3. The number of nitrogens with one attached hydrogen (secondary N) is 3. The van der Waals surface area contributed by atoms with Crippen molar-refractivity contribution in [2.45, 2.75) is 172 Å². The largest absolute Gasteiger partial charge is 0.481 e. The average molecular weight is 975 g/mol. The van der Waals surface area contributed by atoms with Crippen LogP contribution in [0.1, 0.15) is 140 Å². The van der Waals surface area contributed by atoms with Crippen LogP contribution in [0.15, 0.2) is 30.5 Å². The highest BCUT2D eigenvalue weighted by molar-refractivity contribution is 5.90. The number of rotatable bonds is 22. The number of aliphatic carboxylic acids is 1. The Morgan fingerprint density at radius 3 is 2.07 bits per heavy atom. The fourth-order valence-electron chi connectivity index (χ4n) is 8.66. The van der Waals surface area contributed by atoms with Crippen molar-refractivity contribution in [3.63, 3.8) is 0 Å². The zero-order valence-electron chi connectivity index (χ0n) is 45.4. The van der Waals surface area contributed by atoms with Gasteiger partial charge in [-0.05, 0) is 101 Å². The summed E-state index contributed by atoms with van der Waals surface area (Å²) < 4.78 is 10.9. The first-order chi connectivity index (χ1) is 32.7. The second-order valence-corrected chi connectivity index (χ2v) is 18.7. The summed E-state index contributed by atoms with van der Waals surface area (Å²) in [6, 6.07) is 7.34. The standard InChI is InChI=1S/C16H27N3O5.C16H30N2O4.C10H22O.C9H9N.C2H6/c1-12(15(23-2)13-6-5-7-18(13)11-20)16(22)17-10-14(21)19-8-3-4-9-24-19;1-10(2)14(12(5)19)17-16(22)15(11(3)4)18(6)9-7-8-13(20)21;1-6-8(3)9(4)10(7-2)11-5;1-7-6-10-9-5-3-2-4-8(7)9;1-2/h11-13,15H,3-10H2,1-2H3,(H,17,22);10-11,14-15H,7-9H2,1-6H3,(H,17,22)(H,20,21);8-10H,6-7H2,1-5H3;2-6,10H,1H3;1-2H3/t12?,13-,15?;14-,15?;8?,9-,10?;;/m000../s1. The second-order valence-electron chi connectivity index (χ2n) is 18.7. The SMILES string of the molecule is CC.CC(=O)[C@@H](NC(=O)C(C(C)C)N(C)CCCC(=O)O)C(C)C.CCC(C)[C@H](C)C(CC)OC.COC(C(C)C(=O)NCC(=O)N1CCCCO1)[C@@H]1CCCN1C=O.Cc1c[nH]c2ccccc12. The average Bonchev–Trinajstić information content (AvgIpc) is 3.97. The molecular formula is C53H94N6O10. The number of carbonyl (C=O) groups excluding carboxylic acids is 5. The van der Waals surface area contributed by atoms with Crippen LogP contribution in [0.4, 0.5) is 0 Å². The summed E-state index contributed by atoms with van der Waals surface area (Å²) in [5.74, 6) is -0.479. The van der Waals surface area contributed by atoms with E-state index in [0.29, 0.717) is 44.7 Å². The van der Waals surface area contributed by atoms with Crippen LogP contribution in [0.25, 0.3) is 10.9 Å². The molecule has 396 valence electrons. The predicted molar refractivity (Wildman–Crippen MR) is 275 cm³/mol. The lowest BCUT2D eigenvalue weighted by Crippen LogP contribution is -2.54. The third-order valence-corrected chi connectivity index (χ3v) is 13.0. The molecule has 0 saturated carbocycles. The van der Waals surface area contributed by atoms with Gasteiger partial charge in [-0.15, -0.1) is 0 Å². The number of benzene rings is 1. The van der Waals surface area contributed by atoms with Crippen molar-refractivity contribution in [1.82, 2.24) is 30.5 Å². The van der Waals surface area contributed by atoms with Gasteiger partial charge in [-0.1, -0.05) is 101 Å². The Labute approximate surface area is 415 Å². The fourth-order valence-corrected chi connectivity index (χ4v) is 8.66. The number of ketones is 1. The van der Waals surface area contributed by atoms with Crippen molar-refractivity contribution in [1.29, 1.82) is 0 Å². The van der Waals surface area contributed by atoms with Crippen LogP contribution in [0.3, 0.4) is 0 Å². The minimum atomic E-state index is -0.838. The highest BCUT2D eigenvalue weighted by Gasteiger charge is 2.37. The van der Waals surface area contributed by atoms with Crippen LogP contribution in [-0.2, 0) is 43.1 Å². The first-order valence-electron chi connectivity index (χ1n) is 25.4. The fraction of sp³-hybridized carbons (Fsp3) is 0.736. The number of aromatic nitrogens is 1. The van der Waals surface area contributed by atoms with Crippen molar-refractivity contribution in [2.75, 3.05) is 54.1 Å². The lowest BCUT2D eigenvalue weighted by atomic mass is 9.88. The number of para-hydroxylation sites is 1. The van der Waals surface area contributed by atoms with E-state index in [1.165, 1.54) is 34.9 Å². The van der Waals surface area contributed by atoms with Gasteiger partial charge in [0.05, 0.1) is 49.4 Å². The van der Waals surface area contributed by atoms with Crippen LogP contribution in [0.2, 0.25) is 0 Å². The number of likely N-dealkylation sites (N-methyl/N-ethyl adjacent to an activating group) is 1. The number of H-pyrrole nitrogens is 1. The Morgan fingerprint density at radius 1 is 0.928 bits per heavy atom. The number of methoxy groups -OCH3 is 2. The summed E-state index contributed by atoms with van der Waals surface area (Å²) in [6.45, 7) is 28.2. The minimum absolute atomic E-state index is 0.0339. The van der Waals surface area contributed by atoms with Gasteiger partial charge >= 0.3 is 5.97 Å². The van der Waals surface area contributed by atoms with Gasteiger partial charge in [0.25, 0.3) is 5.91 Å². The van der Waals surface area contributed by atoms with Gasteiger partial charge in [-0.25, -0.2) is 5.06 Å². The molecule has 1 aromatic carbocycles. The van der Waals surface area contributed by atoms with Crippen LogP contribution in [0, 0.1) is 36.5 Å². The van der Waals surface area contributed by atoms with E-state index < -0.39 is 17.9 Å². The number of Topliss-reactive ketones (excluding diaryl/α,β-unsaturated/α-hetero) is 1. The summed E-state index contributed by atoms with van der Waals surface area (Å²) in [5.41, 5.74) is 2.54. The maximum Gasteiger partial charge on any atom is 0.303 e. The molecule has 4 N–H and O–H groups in total. The monoisotopic (exact) mass is 975 g/mol. The molecule has 8 atom stereocenters. The zero-order valence-corrected chi connectivity index (χ0v) is 45.4. The van der Waals surface area contributed by atoms with Crippen LogP contribution < -0.4 is 10.6 Å². The van der Waals surface area contributed by atoms with Gasteiger partial charge < -0.3 is 35.1 Å². The van der Waals surface area contributed by atoms with Gasteiger partial charge in [0.15, 0.2) is 5.78 Å². The number of carbonyl (C=O) groups is 6. The summed E-state index contributed by atoms with van der Waals surface area (Å²) in [4.78, 5) is 82.3. The van der Waals surface area contributed by atoms with Gasteiger partial charge in [-0.2, -0.15) is 0 Å². The molecule has 16 heteroatoms. The molecule has 0 spiro atoms. The molecule has 2 aliphatic rings. The number of hydrogen-bond acceptors (Lipinski definition) is 10. The van der Waals surface area contributed by atoms with Crippen LogP contribution >= 0.6 is 0 Å². The normalized spacial score (nSPS) is 17.5. The number of hydrogen-bond donors (Lipinski definition) is 4. The first kappa shape index (κ1) is 64.6. The number of aryl methyl sites for hydroxylation is 1. The Bertz CT molecular complexity index is 1760. The van der Waals surface area contributed by atoms with Crippen molar-refractivity contribution < 1.29 is 48.2 Å². The predicted octanol–water partition coefficient (Wildman–Crippen LogP) is 8.06. The molecule has 16 nitrogen and oxygen atoms in total. The van der Waals surface area contributed by atoms with E-state index in [9.17, 15) is 28.8 Å². The summed E-state index contributed by atoms with van der Waals surface area (Å²) in [5, 5.41) is 16.8. The Balaban J connectivity index is 0.000000936. The number of carboxylic acids is 1. The summed E-state index contributed by atoms with van der Waals surface area (Å²) >= 11 is 0. The highest BCUT2D eigenvalue weighted by atomic mass is 16.7. The van der Waals surface area contributed by atoms with E-state index >= 15 is 0 Å². The van der Waals surface area contributed by atoms with Gasteiger partial charge in [0.1, 0.15) is 0 Å². The van der Waals surface area contributed by atoms with E-state index in [1.807, 2.05) is 72.9 Å². The molecule has 3 heterocycles. The minimum Gasteiger partial charge on any atom is -0.481 e. The van der Waals surface area contributed by atoms with E-state index in [4.69, 9.17) is 19.4 Å². The van der Waals surface area contributed by atoms with E-state index in [-0.39, 0.29) is 66.5 Å². The molecule has 2 fully saturated rings. The number of carboxylic acid groups (broad SMARTS) is 1. The van der Waals surface area contributed by atoms with Crippen molar-refractivity contribution in [3.8, 4) is 0 Å². The van der Waals surface area contributed by atoms with E-state index in [2.05, 4.69) is 68.4 Å². The maximum atomic E-state index is 12.5. The molecule has 2 saturated heterocycles. The smallest absolute Gasteiger partial charge is 0.303 e. The molecule has 0 bridgehead atoms. The lowest BCUT2D eigenvalue weighted by molar-refractivity contribution is -0.196. The van der Waals surface area contributed by atoms with Crippen molar-refractivity contribution >= 4 is 46.8 Å². The summed E-state index contributed by atoms with van der Waals surface area (Å²) in [7, 11) is 5.17. The first-order valence-corrected chi connectivity index (χ1v) is 25.4. The Hall–Kier alpha value is -4.38. The Kier molecular flexibility index (Phi) is 33.4. The van der Waals surface area contributed by atoms with Gasteiger partial charge in [0.2, 0.25) is 18.2 Å². The molecule has 5 unspecified atom stereocenters. The van der Waals surface area contributed by atoms with Gasteiger partial charge in [-0.3, -0.25) is 38.5 Å². The number of aromatic amines is 1. The molecule has 4 amide bonds. The third-order valence-electron chi connectivity index (χ3n) is 13.0.